The molecule has 0 spiro atoms. The van der Waals surface area contributed by atoms with Crippen molar-refractivity contribution in [3.05, 3.63) is 58.1 Å². The molecule has 0 aliphatic rings. The molecule has 0 atom stereocenters. The number of unbranched alkanes of at least 4 members (excludes halogenated alkanes) is 2. The fraction of sp³-hybridized carbons (Fsp3) is 0.364. The normalized spacial score (nSPS) is 12.3. The summed E-state index contributed by atoms with van der Waals surface area (Å²) in [6.07, 6.45) is 1.50. The first-order chi connectivity index (χ1) is 15.4. The van der Waals surface area contributed by atoms with Gasteiger partial charge in [0, 0.05) is 29.9 Å². The van der Waals surface area contributed by atoms with E-state index in [0.29, 0.717) is 34.4 Å². The van der Waals surface area contributed by atoms with Gasteiger partial charge in [0.15, 0.2) is 0 Å². The van der Waals surface area contributed by atoms with E-state index in [-0.39, 0.29) is 57.1 Å². The number of fused-ring (bicyclic) bond motifs is 1. The maximum absolute atomic E-state index is 13.2. The Labute approximate surface area is 238 Å². The van der Waals surface area contributed by atoms with Crippen LogP contribution in [0.1, 0.15) is 43.0 Å². The molecule has 3 aromatic rings. The largest absolute Gasteiger partial charge is 1.00 e. The smallest absolute Gasteiger partial charge is 0.542 e. The summed E-state index contributed by atoms with van der Waals surface area (Å²) < 4.78 is 70.0. The molecule has 1 amide bonds. The Kier molecular flexibility index (Phi) is 9.76. The predicted molar refractivity (Wildman–Crippen MR) is 120 cm³/mol. The van der Waals surface area contributed by atoms with Gasteiger partial charge in [-0.2, -0.15) is 18.3 Å². The van der Waals surface area contributed by atoms with Crippen molar-refractivity contribution in [1.82, 2.24) is 14.3 Å². The van der Waals surface area contributed by atoms with Crippen molar-refractivity contribution < 1.29 is 77.8 Å². The number of aromatic nitrogens is 3. The van der Waals surface area contributed by atoms with Gasteiger partial charge in [-0.05, 0) is 43.7 Å². The fourth-order valence-corrected chi connectivity index (χ4v) is 4.53. The third kappa shape index (κ3) is 6.82. The summed E-state index contributed by atoms with van der Waals surface area (Å²) >= 11 is 0. The SMILES string of the molecule is CCCCCS(=O)(=O)[N-]C(=O)/C=C/c1c(C)nn(C)c1-n1ccc2ccc(C(F)(F)F)cc21.[K+]. The van der Waals surface area contributed by atoms with Crippen molar-refractivity contribution in [2.45, 2.75) is 39.3 Å². The van der Waals surface area contributed by atoms with Crippen LogP contribution in [-0.2, 0) is 28.0 Å². The molecule has 2 heterocycles. The van der Waals surface area contributed by atoms with Crippen molar-refractivity contribution in [2.24, 2.45) is 7.05 Å². The van der Waals surface area contributed by atoms with Crippen LogP contribution in [0, 0.1) is 6.92 Å². The third-order valence-corrected chi connectivity index (χ3v) is 6.38. The number of rotatable bonds is 8. The summed E-state index contributed by atoms with van der Waals surface area (Å²) in [7, 11) is -2.24. The molecule has 0 bridgehead atoms. The molecule has 0 aliphatic heterocycles. The molecule has 0 unspecified atom stereocenters. The Morgan fingerprint density at radius 3 is 2.56 bits per heavy atom. The minimum atomic E-state index is -4.50. The quantitative estimate of drug-likeness (QED) is 0.259. The number of carbonyl (C=O) groups excluding carboxylic acids is 1. The van der Waals surface area contributed by atoms with E-state index >= 15 is 0 Å². The molecule has 0 radical (unpaired) electrons. The van der Waals surface area contributed by atoms with Crippen LogP contribution < -0.4 is 51.4 Å². The number of nitrogens with zero attached hydrogens (tertiary/aromatic N) is 4. The van der Waals surface area contributed by atoms with E-state index in [9.17, 15) is 26.4 Å². The fourth-order valence-electron chi connectivity index (χ4n) is 3.53. The maximum atomic E-state index is 13.2. The second-order valence-corrected chi connectivity index (χ2v) is 9.41. The number of hydrogen-bond donors (Lipinski definition) is 0. The summed E-state index contributed by atoms with van der Waals surface area (Å²) in [5.41, 5.74) is 0.501. The minimum absolute atomic E-state index is 0. The number of amides is 1. The van der Waals surface area contributed by atoms with Crippen LogP contribution >= 0.6 is 0 Å². The van der Waals surface area contributed by atoms with Crippen LogP contribution in [0.2, 0.25) is 0 Å². The van der Waals surface area contributed by atoms with Crippen LogP contribution in [0.15, 0.2) is 36.5 Å². The summed E-state index contributed by atoms with van der Waals surface area (Å²) in [6, 6.07) is 5.13. The van der Waals surface area contributed by atoms with Gasteiger partial charge in [-0.25, -0.2) is 8.42 Å². The first kappa shape index (κ1) is 28.8. The second-order valence-electron chi connectivity index (χ2n) is 7.66. The number of sulfonamides is 1. The summed E-state index contributed by atoms with van der Waals surface area (Å²) in [4.78, 5) is 12.2. The van der Waals surface area contributed by atoms with Gasteiger partial charge in [-0.1, -0.05) is 25.8 Å². The van der Waals surface area contributed by atoms with Crippen molar-refractivity contribution in [2.75, 3.05) is 5.75 Å². The first-order valence-electron chi connectivity index (χ1n) is 10.3. The average Bonchev–Trinajstić information content (AvgIpc) is 3.24. The van der Waals surface area contributed by atoms with Crippen LogP contribution in [0.25, 0.3) is 27.5 Å². The van der Waals surface area contributed by atoms with Gasteiger partial charge >= 0.3 is 57.6 Å². The Bertz CT molecular complexity index is 1310. The van der Waals surface area contributed by atoms with E-state index < -0.39 is 27.7 Å². The zero-order chi connectivity index (χ0) is 24.4. The standard InChI is InChI=1S/C22H25F3N4O3S.K/c1-4-5-6-13-33(31,32)27-20(30)10-9-18-15(2)26-28(3)21(18)29-12-11-16-7-8-17(14-19(16)29)22(23,24)25;/h7-12,14H,4-6,13H2,1-3H3,(H,27,30);/q;+1/p-1/b10-9+;. The molecule has 0 saturated carbocycles. The number of halogens is 3. The molecule has 1 aromatic carbocycles. The third-order valence-electron chi connectivity index (χ3n) is 5.11. The van der Waals surface area contributed by atoms with Gasteiger partial charge in [-0.15, -0.1) is 0 Å². The van der Waals surface area contributed by atoms with E-state index in [1.807, 2.05) is 6.92 Å². The van der Waals surface area contributed by atoms with E-state index in [1.54, 1.807) is 30.8 Å². The molecule has 2 aromatic heterocycles. The molecule has 0 aliphatic carbocycles. The molecule has 0 N–H and O–H groups in total. The molecule has 0 fully saturated rings. The molecular formula is C22H24F3KN4O3S. The van der Waals surface area contributed by atoms with Gasteiger partial charge in [0.25, 0.3) is 0 Å². The number of alkyl halides is 3. The maximum Gasteiger partial charge on any atom is 1.00 e. The van der Waals surface area contributed by atoms with Gasteiger partial charge in [-0.3, -0.25) is 4.68 Å². The molecule has 34 heavy (non-hydrogen) atoms. The van der Waals surface area contributed by atoms with E-state index in [0.717, 1.165) is 31.1 Å². The van der Waals surface area contributed by atoms with Crippen LogP contribution in [0.4, 0.5) is 13.2 Å². The molecular weight excluding hydrogens is 496 g/mol. The summed E-state index contributed by atoms with van der Waals surface area (Å²) in [6.45, 7) is 3.61. The molecule has 7 nitrogen and oxygen atoms in total. The van der Waals surface area contributed by atoms with Crippen LogP contribution in [0.5, 0.6) is 0 Å². The number of hydrogen-bond acceptors (Lipinski definition) is 4. The first-order valence-corrected chi connectivity index (χ1v) is 11.9. The van der Waals surface area contributed by atoms with Crippen molar-refractivity contribution in [3.63, 3.8) is 0 Å². The van der Waals surface area contributed by atoms with E-state index in [1.165, 1.54) is 16.8 Å². The Hall–Kier alpha value is -1.44. The van der Waals surface area contributed by atoms with Crippen molar-refractivity contribution in [1.29, 1.82) is 0 Å². The van der Waals surface area contributed by atoms with Crippen LogP contribution in [0.3, 0.4) is 0 Å². The zero-order valence-electron chi connectivity index (χ0n) is 19.4. The van der Waals surface area contributed by atoms with Gasteiger partial charge < -0.3 is 14.1 Å². The molecule has 12 heteroatoms. The summed E-state index contributed by atoms with van der Waals surface area (Å²) in [5.74, 6) is -0.705. The average molecular weight is 521 g/mol. The van der Waals surface area contributed by atoms with Crippen molar-refractivity contribution >= 4 is 32.9 Å². The van der Waals surface area contributed by atoms with E-state index in [4.69, 9.17) is 0 Å². The van der Waals surface area contributed by atoms with Crippen molar-refractivity contribution in [3.8, 4) is 5.82 Å². The van der Waals surface area contributed by atoms with Gasteiger partial charge in [0.05, 0.1) is 32.7 Å². The monoisotopic (exact) mass is 520 g/mol. The Morgan fingerprint density at radius 2 is 1.91 bits per heavy atom. The van der Waals surface area contributed by atoms with Crippen LogP contribution in [-0.4, -0.2) is 34.4 Å². The molecule has 178 valence electrons. The number of benzene rings is 1. The van der Waals surface area contributed by atoms with Gasteiger partial charge in [0.2, 0.25) is 0 Å². The van der Waals surface area contributed by atoms with Gasteiger partial charge in [0.1, 0.15) is 5.82 Å². The molecule has 0 saturated heterocycles. The topological polar surface area (TPSA) is 88.1 Å². The Balaban J connectivity index is 0.00000408. The minimum Gasteiger partial charge on any atom is -0.542 e. The number of aryl methyl sites for hydroxylation is 2. The van der Waals surface area contributed by atoms with E-state index in [2.05, 4.69) is 9.82 Å². The predicted octanol–water partition coefficient (Wildman–Crippen LogP) is 2.13. The second kappa shape index (κ2) is 11.5. The zero-order valence-corrected chi connectivity index (χ0v) is 23.4. The Morgan fingerprint density at radius 1 is 1.21 bits per heavy atom. The molecule has 3 rings (SSSR count). The summed E-state index contributed by atoms with van der Waals surface area (Å²) in [5, 5.41) is 4.91. The number of carbonyl (C=O) groups is 1.